The maximum atomic E-state index is 5.76. The molecule has 2 aromatic carbocycles. The first kappa shape index (κ1) is 21.7. The summed E-state index contributed by atoms with van der Waals surface area (Å²) in [5.74, 6) is 0.811. The molecule has 0 bridgehead atoms. The van der Waals surface area contributed by atoms with Crippen LogP contribution in [0.1, 0.15) is 33.3 Å². The highest BCUT2D eigenvalue weighted by atomic mass is 79.9. The van der Waals surface area contributed by atoms with Crippen molar-refractivity contribution in [1.29, 1.82) is 0 Å². The van der Waals surface area contributed by atoms with Gasteiger partial charge in [-0.15, -0.1) is 0 Å². The highest BCUT2D eigenvalue weighted by Crippen LogP contribution is 2.29. The van der Waals surface area contributed by atoms with Gasteiger partial charge in [-0.25, -0.2) is 0 Å². The summed E-state index contributed by atoms with van der Waals surface area (Å²) in [4.78, 5) is 0. The second-order valence-electron chi connectivity index (χ2n) is 5.09. The monoisotopic (exact) mass is 408 g/mol. The third-order valence-electron chi connectivity index (χ3n) is 3.52. The van der Waals surface area contributed by atoms with Gasteiger partial charge >= 0.3 is 0 Å². The minimum atomic E-state index is -0.322. The standard InChI is InChI=1S/C19H23BrO3.C2H6/c1-4-21-19(22-5-2)13-23-16-11-9-15(10-12-16)17-7-6-8-18(20)14(17)3;1-2/h6-12,19H,4-5,13H2,1-3H3;1-2H3. The topological polar surface area (TPSA) is 27.7 Å². The highest BCUT2D eigenvalue weighted by molar-refractivity contribution is 9.10. The van der Waals surface area contributed by atoms with Crippen LogP contribution in [0.4, 0.5) is 0 Å². The zero-order valence-corrected chi connectivity index (χ0v) is 17.4. The molecule has 0 aliphatic heterocycles. The Hall–Kier alpha value is -1.36. The molecule has 2 rings (SSSR count). The molecule has 3 nitrogen and oxygen atoms in total. The minimum absolute atomic E-state index is 0.322. The molecule has 0 N–H and O–H groups in total. The van der Waals surface area contributed by atoms with Gasteiger partial charge in [-0.05, 0) is 55.7 Å². The minimum Gasteiger partial charge on any atom is -0.488 e. The number of hydrogen-bond donors (Lipinski definition) is 0. The van der Waals surface area contributed by atoms with Crippen molar-refractivity contribution in [2.75, 3.05) is 19.8 Å². The zero-order chi connectivity index (χ0) is 18.7. The van der Waals surface area contributed by atoms with Crippen LogP contribution in [0, 0.1) is 6.92 Å². The smallest absolute Gasteiger partial charge is 0.191 e. The molecule has 25 heavy (non-hydrogen) atoms. The summed E-state index contributed by atoms with van der Waals surface area (Å²) in [7, 11) is 0. The maximum absolute atomic E-state index is 5.76. The summed E-state index contributed by atoms with van der Waals surface area (Å²) < 4.78 is 17.8. The molecule has 0 radical (unpaired) electrons. The van der Waals surface area contributed by atoms with Gasteiger partial charge < -0.3 is 14.2 Å². The van der Waals surface area contributed by atoms with Crippen molar-refractivity contribution < 1.29 is 14.2 Å². The number of rotatable bonds is 8. The SMILES string of the molecule is CC.CCOC(COc1ccc(-c2cccc(Br)c2C)cc1)OCC. The molecule has 0 saturated carbocycles. The maximum Gasteiger partial charge on any atom is 0.191 e. The van der Waals surface area contributed by atoms with E-state index in [1.54, 1.807) is 0 Å². The fraction of sp³-hybridized carbons (Fsp3) is 0.429. The van der Waals surface area contributed by atoms with E-state index >= 15 is 0 Å². The van der Waals surface area contributed by atoms with Crippen LogP contribution in [0.5, 0.6) is 5.75 Å². The van der Waals surface area contributed by atoms with Gasteiger partial charge in [0, 0.05) is 17.7 Å². The summed E-state index contributed by atoms with van der Waals surface area (Å²) >= 11 is 3.58. The molecule has 0 atom stereocenters. The van der Waals surface area contributed by atoms with E-state index in [4.69, 9.17) is 14.2 Å². The molecule has 0 saturated heterocycles. The van der Waals surface area contributed by atoms with Crippen molar-refractivity contribution in [2.24, 2.45) is 0 Å². The molecule has 0 fully saturated rings. The van der Waals surface area contributed by atoms with E-state index in [0.29, 0.717) is 19.8 Å². The van der Waals surface area contributed by atoms with Crippen molar-refractivity contribution in [3.8, 4) is 16.9 Å². The van der Waals surface area contributed by atoms with E-state index in [-0.39, 0.29) is 6.29 Å². The quantitative estimate of drug-likeness (QED) is 0.484. The van der Waals surface area contributed by atoms with Gasteiger partial charge in [-0.2, -0.15) is 0 Å². The van der Waals surface area contributed by atoms with Crippen molar-refractivity contribution in [3.63, 3.8) is 0 Å². The lowest BCUT2D eigenvalue weighted by Gasteiger charge is -2.17. The average Bonchev–Trinajstić information content (AvgIpc) is 2.65. The number of ether oxygens (including phenoxy) is 3. The summed E-state index contributed by atoms with van der Waals surface area (Å²) in [6.07, 6.45) is -0.322. The van der Waals surface area contributed by atoms with Gasteiger partial charge in [0.1, 0.15) is 12.4 Å². The first-order valence-corrected chi connectivity index (χ1v) is 9.66. The summed E-state index contributed by atoms with van der Waals surface area (Å²) in [5, 5.41) is 0. The van der Waals surface area contributed by atoms with Crippen LogP contribution in [-0.4, -0.2) is 26.1 Å². The first-order chi connectivity index (χ1) is 12.2. The summed E-state index contributed by atoms with van der Waals surface area (Å²) in [6, 6.07) is 14.3. The molecule has 0 unspecified atom stereocenters. The second kappa shape index (κ2) is 12.1. The fourth-order valence-corrected chi connectivity index (χ4v) is 2.70. The van der Waals surface area contributed by atoms with Crippen molar-refractivity contribution in [2.45, 2.75) is 40.9 Å². The van der Waals surface area contributed by atoms with Gasteiger partial charge in [0.15, 0.2) is 6.29 Å². The number of benzene rings is 2. The van der Waals surface area contributed by atoms with E-state index in [0.717, 1.165) is 10.2 Å². The Kier molecular flexibility index (Phi) is 10.5. The summed E-state index contributed by atoms with van der Waals surface area (Å²) in [5.41, 5.74) is 3.61. The third kappa shape index (κ3) is 6.81. The lowest BCUT2D eigenvalue weighted by molar-refractivity contribution is -0.152. The Morgan fingerprint density at radius 3 is 2.08 bits per heavy atom. The first-order valence-electron chi connectivity index (χ1n) is 8.87. The molecule has 0 amide bonds. The molecule has 138 valence electrons. The third-order valence-corrected chi connectivity index (χ3v) is 4.38. The molecule has 0 aliphatic carbocycles. The number of halogens is 1. The lowest BCUT2D eigenvalue weighted by atomic mass is 10.0. The van der Waals surface area contributed by atoms with Crippen LogP contribution in [0.25, 0.3) is 11.1 Å². The second-order valence-corrected chi connectivity index (χ2v) is 5.94. The van der Waals surface area contributed by atoms with Gasteiger partial charge in [0.2, 0.25) is 0 Å². The van der Waals surface area contributed by atoms with E-state index in [1.165, 1.54) is 16.7 Å². The van der Waals surface area contributed by atoms with E-state index in [9.17, 15) is 0 Å². The molecular weight excluding hydrogens is 380 g/mol. The normalized spacial score (nSPS) is 10.4. The van der Waals surface area contributed by atoms with Gasteiger partial charge in [-0.1, -0.05) is 54.0 Å². The van der Waals surface area contributed by atoms with E-state index in [1.807, 2.05) is 45.9 Å². The van der Waals surface area contributed by atoms with Crippen molar-refractivity contribution in [3.05, 3.63) is 52.5 Å². The zero-order valence-electron chi connectivity index (χ0n) is 15.8. The molecule has 0 aromatic heterocycles. The molecule has 0 heterocycles. The number of hydrogen-bond acceptors (Lipinski definition) is 3. The predicted octanol–water partition coefficient (Wildman–Crippen LogP) is 6.23. The van der Waals surface area contributed by atoms with E-state index < -0.39 is 0 Å². The van der Waals surface area contributed by atoms with Gasteiger partial charge in [0.05, 0.1) is 0 Å². The Morgan fingerprint density at radius 1 is 0.920 bits per heavy atom. The highest BCUT2D eigenvalue weighted by Gasteiger charge is 2.09. The van der Waals surface area contributed by atoms with Gasteiger partial charge in [-0.3, -0.25) is 0 Å². The molecule has 0 aliphatic rings. The summed E-state index contributed by atoms with van der Waals surface area (Å²) in [6.45, 7) is 11.6. The van der Waals surface area contributed by atoms with Crippen LogP contribution in [0.2, 0.25) is 0 Å². The molecule has 2 aromatic rings. The Morgan fingerprint density at radius 2 is 1.52 bits per heavy atom. The van der Waals surface area contributed by atoms with Crippen molar-refractivity contribution in [1.82, 2.24) is 0 Å². The fourth-order valence-electron chi connectivity index (χ4n) is 2.33. The van der Waals surface area contributed by atoms with Crippen molar-refractivity contribution >= 4 is 15.9 Å². The van der Waals surface area contributed by atoms with Crippen LogP contribution in [0.15, 0.2) is 46.9 Å². The molecule has 0 spiro atoms. The largest absolute Gasteiger partial charge is 0.488 e. The molecular formula is C21H29BrO3. The van der Waals surface area contributed by atoms with Gasteiger partial charge in [0.25, 0.3) is 0 Å². The Labute approximate surface area is 160 Å². The average molecular weight is 409 g/mol. The Balaban J connectivity index is 0.00000151. The van der Waals surface area contributed by atoms with E-state index in [2.05, 4.69) is 47.1 Å². The molecule has 4 heteroatoms. The predicted molar refractivity (Wildman–Crippen MR) is 108 cm³/mol. The van der Waals surface area contributed by atoms with Crippen LogP contribution in [-0.2, 0) is 9.47 Å². The van der Waals surface area contributed by atoms with Crippen LogP contribution >= 0.6 is 15.9 Å². The van der Waals surface area contributed by atoms with Crippen LogP contribution < -0.4 is 4.74 Å². The lowest BCUT2D eigenvalue weighted by Crippen LogP contribution is -2.25. The van der Waals surface area contributed by atoms with Crippen LogP contribution in [0.3, 0.4) is 0 Å². The Bertz CT molecular complexity index is 605.